The van der Waals surface area contributed by atoms with Crippen LogP contribution in [0.4, 0.5) is 4.79 Å². The third-order valence-corrected chi connectivity index (χ3v) is 2.13. The Morgan fingerprint density at radius 2 is 2.25 bits per heavy atom. The zero-order valence-electron chi connectivity index (χ0n) is 12.2. The van der Waals surface area contributed by atoms with Crippen molar-refractivity contribution in [3.8, 4) is 5.75 Å². The van der Waals surface area contributed by atoms with Gasteiger partial charge in [-0.1, -0.05) is 6.07 Å². The Morgan fingerprint density at radius 1 is 1.56 bits per heavy atom. The molecule has 0 radical (unpaired) electrons. The molecular formula is C12H15NO3. The maximum atomic E-state index is 11.1. The van der Waals surface area contributed by atoms with Crippen molar-refractivity contribution in [3.05, 3.63) is 29.3 Å². The minimum atomic E-state index is -2.17. The molecule has 86 valence electrons. The van der Waals surface area contributed by atoms with E-state index in [0.717, 1.165) is 11.1 Å². The first kappa shape index (κ1) is 7.54. The molecule has 0 bridgehead atoms. The summed E-state index contributed by atoms with van der Waals surface area (Å²) in [7, 11) is 0. The lowest BCUT2D eigenvalue weighted by atomic mass is 10.1. The number of rotatable bonds is 3. The molecule has 4 heteroatoms. The molecule has 1 unspecified atom stereocenters. The summed E-state index contributed by atoms with van der Waals surface area (Å²) in [6, 6.07) is 5.36. The highest BCUT2D eigenvalue weighted by Crippen LogP contribution is 2.16. The van der Waals surface area contributed by atoms with Crippen LogP contribution < -0.4 is 10.0 Å². The summed E-state index contributed by atoms with van der Waals surface area (Å²) in [6.45, 7) is 1.44. The van der Waals surface area contributed by atoms with Gasteiger partial charge < -0.3 is 14.8 Å². The van der Waals surface area contributed by atoms with Gasteiger partial charge in [0.05, 0.1) is 9.29 Å². The molecule has 0 saturated carbocycles. The molecule has 16 heavy (non-hydrogen) atoms. The van der Waals surface area contributed by atoms with E-state index in [9.17, 15) is 4.79 Å². The van der Waals surface area contributed by atoms with Gasteiger partial charge in [0.1, 0.15) is 12.3 Å². The van der Waals surface area contributed by atoms with Gasteiger partial charge in [0, 0.05) is 0 Å². The quantitative estimate of drug-likeness (QED) is 0.851. The average molecular weight is 224 g/mol. The molecule has 1 aromatic rings. The van der Waals surface area contributed by atoms with Gasteiger partial charge in [0.25, 0.3) is 0 Å². The predicted molar refractivity (Wildman–Crippen MR) is 59.7 cm³/mol. The molecule has 1 aliphatic rings. The van der Waals surface area contributed by atoms with Crippen LogP contribution in [-0.2, 0) is 4.74 Å². The lowest BCUT2D eigenvalue weighted by Crippen LogP contribution is -2.21. The lowest BCUT2D eigenvalue weighted by molar-refractivity contribution is 0.105. The molecule has 1 aliphatic heterocycles. The monoisotopic (exact) mass is 224 g/mol. The molecule has 1 saturated heterocycles. The molecule has 2 rings (SSSR count). The Hall–Kier alpha value is -1.71. The van der Waals surface area contributed by atoms with E-state index in [0.29, 0.717) is 11.1 Å². The van der Waals surface area contributed by atoms with Gasteiger partial charge in [-0.2, -0.15) is 0 Å². The minimum Gasteiger partial charge on any atom is -0.490 e. The Morgan fingerprint density at radius 3 is 2.81 bits per heavy atom. The van der Waals surface area contributed by atoms with Crippen LogP contribution in [0, 0.1) is 13.8 Å². The van der Waals surface area contributed by atoms with E-state index in [1.54, 1.807) is 12.1 Å². The first-order valence-electron chi connectivity index (χ1n) is 6.47. The Bertz CT molecular complexity index is 487. The van der Waals surface area contributed by atoms with Crippen LogP contribution >= 0.6 is 0 Å². The Labute approximate surface area is 98.8 Å². The van der Waals surface area contributed by atoms with Crippen molar-refractivity contribution in [2.45, 2.75) is 20.0 Å². The standard InChI is InChI=1S/C12H15NO3/c1-8-3-9(2)5-10(4-8)15-7-11-6-13-12(14)16-11/h3-5,11H,6-7H2,1-2H3,(H,13,14)/i7D2/hD. The van der Waals surface area contributed by atoms with Gasteiger partial charge in [-0.3, -0.25) is 0 Å². The number of benzene rings is 1. The fourth-order valence-corrected chi connectivity index (χ4v) is 1.54. The Balaban J connectivity index is 2.14. The molecule has 0 spiro atoms. The maximum absolute atomic E-state index is 11.1. The van der Waals surface area contributed by atoms with Gasteiger partial charge in [0.15, 0.2) is 7.52 Å². The Kier molecular flexibility index (Phi) is 2.09. The minimum absolute atomic E-state index is 0.156. The first-order chi connectivity index (χ1) is 8.78. The van der Waals surface area contributed by atoms with Crippen molar-refractivity contribution in [3.63, 3.8) is 0 Å². The highest BCUT2D eigenvalue weighted by molar-refractivity contribution is 5.69. The van der Waals surface area contributed by atoms with Gasteiger partial charge in [0.2, 0.25) is 0 Å². The summed E-state index contributed by atoms with van der Waals surface area (Å²) in [6.07, 6.45) is -1.98. The number of nitrogens with one attached hydrogen (secondary N) is 1. The summed E-state index contributed by atoms with van der Waals surface area (Å²) >= 11 is 0. The number of aryl methyl sites for hydroxylation is 2. The largest absolute Gasteiger partial charge is 0.490 e. The first-order valence-corrected chi connectivity index (χ1v) is 5.02. The number of ether oxygens (including phenoxy) is 2. The molecule has 1 N–H and O–H groups in total. The second-order valence-electron chi connectivity index (χ2n) is 3.76. The number of hydrogen-bond acceptors (Lipinski definition) is 3. The van der Waals surface area contributed by atoms with E-state index >= 15 is 0 Å². The van der Waals surface area contributed by atoms with E-state index in [4.69, 9.17) is 13.6 Å². The van der Waals surface area contributed by atoms with Crippen molar-refractivity contribution in [2.24, 2.45) is 0 Å². The van der Waals surface area contributed by atoms with Gasteiger partial charge in [-0.15, -0.1) is 0 Å². The summed E-state index contributed by atoms with van der Waals surface area (Å²) in [5, 5.41) is 0.577. The molecule has 0 aliphatic carbocycles. The molecule has 1 atom stereocenters. The highest BCUT2D eigenvalue weighted by atomic mass is 16.6. The predicted octanol–water partition coefficient (Wildman–Crippen LogP) is 1.79. The maximum Gasteiger partial charge on any atom is 0.407 e. The van der Waals surface area contributed by atoms with Gasteiger partial charge in [-0.25, -0.2) is 4.79 Å². The fourth-order valence-electron chi connectivity index (χ4n) is 1.54. The van der Waals surface area contributed by atoms with Crippen molar-refractivity contribution in [1.82, 2.24) is 5.31 Å². The number of carbonyl (C=O) groups excluding carboxylic acids is 1. The molecule has 1 fully saturated rings. The zero-order valence-corrected chi connectivity index (χ0v) is 9.19. The van der Waals surface area contributed by atoms with E-state index < -0.39 is 18.8 Å². The lowest BCUT2D eigenvalue weighted by Gasteiger charge is -2.11. The summed E-state index contributed by atoms with van der Waals surface area (Å²) < 4.78 is 33.0. The number of alkyl carbamates (subject to hydrolysis) is 1. The second-order valence-corrected chi connectivity index (χ2v) is 3.76. The normalized spacial score (nSPS) is 23.4. The van der Waals surface area contributed by atoms with Crippen LogP contribution in [0.1, 0.15) is 13.9 Å². The second kappa shape index (κ2) is 4.43. The smallest absolute Gasteiger partial charge is 0.407 e. The molecular weight excluding hydrogens is 206 g/mol. The van der Waals surface area contributed by atoms with Gasteiger partial charge >= 0.3 is 6.09 Å². The third-order valence-electron chi connectivity index (χ3n) is 2.13. The number of cyclic esters (lactones) is 1. The van der Waals surface area contributed by atoms with Crippen LogP contribution in [0.25, 0.3) is 0 Å². The molecule has 1 aromatic carbocycles. The van der Waals surface area contributed by atoms with Gasteiger partial charge in [-0.05, 0) is 37.1 Å². The third kappa shape index (κ3) is 2.66. The summed E-state index contributed by atoms with van der Waals surface area (Å²) in [5.74, 6) is 0.377. The van der Waals surface area contributed by atoms with E-state index in [-0.39, 0.29) is 6.54 Å². The topological polar surface area (TPSA) is 47.6 Å². The van der Waals surface area contributed by atoms with Crippen LogP contribution in [-0.4, -0.2) is 25.3 Å². The zero-order chi connectivity index (χ0) is 14.2. The van der Waals surface area contributed by atoms with Crippen LogP contribution in [0.2, 0.25) is 1.41 Å². The summed E-state index contributed by atoms with van der Waals surface area (Å²) in [4.78, 5) is 11.1. The van der Waals surface area contributed by atoms with E-state index in [2.05, 4.69) is 0 Å². The fraction of sp³-hybridized carbons (Fsp3) is 0.417. The van der Waals surface area contributed by atoms with E-state index in [1.807, 2.05) is 19.9 Å². The number of amides is 1. The van der Waals surface area contributed by atoms with Crippen molar-refractivity contribution < 1.29 is 18.4 Å². The SMILES string of the molecule is [2H]N1CC(C([2H])([2H])Oc2cc(C)cc(C)c2)OC1=O. The molecule has 4 nitrogen and oxygen atoms in total. The molecule has 1 heterocycles. The van der Waals surface area contributed by atoms with Crippen molar-refractivity contribution in [1.29, 1.82) is 0 Å². The highest BCUT2D eigenvalue weighted by Gasteiger charge is 2.22. The van der Waals surface area contributed by atoms with Crippen LogP contribution in [0.15, 0.2) is 18.2 Å². The summed E-state index contributed by atoms with van der Waals surface area (Å²) in [5.41, 5.74) is 1.91. The average Bonchev–Trinajstić information content (AvgIpc) is 2.57. The van der Waals surface area contributed by atoms with E-state index in [1.165, 1.54) is 0 Å². The number of hydrogen-bond donors (Lipinski definition) is 1. The molecule has 0 aromatic heterocycles. The van der Waals surface area contributed by atoms with Crippen molar-refractivity contribution in [2.75, 3.05) is 13.1 Å². The number of carbonyl (C=O) groups is 1. The van der Waals surface area contributed by atoms with Crippen LogP contribution in [0.5, 0.6) is 5.75 Å². The molecule has 1 amide bonds. The van der Waals surface area contributed by atoms with Crippen LogP contribution in [0.3, 0.4) is 0 Å². The van der Waals surface area contributed by atoms with Crippen molar-refractivity contribution >= 4 is 6.09 Å².